The van der Waals surface area contributed by atoms with E-state index in [4.69, 9.17) is 4.74 Å². The van der Waals surface area contributed by atoms with Gasteiger partial charge in [0.1, 0.15) is 12.4 Å². The van der Waals surface area contributed by atoms with Crippen LogP contribution in [0.15, 0.2) is 35.1 Å². The van der Waals surface area contributed by atoms with Crippen molar-refractivity contribution in [1.29, 1.82) is 0 Å². The molecule has 1 N–H and O–H groups in total. The predicted molar refractivity (Wildman–Crippen MR) is 121 cm³/mol. The van der Waals surface area contributed by atoms with Gasteiger partial charge >= 0.3 is 0 Å². The average Bonchev–Trinajstić information content (AvgIpc) is 3.27. The number of hydrogen-bond donors (Lipinski definition) is 1. The molecule has 1 aliphatic carbocycles. The molecule has 1 saturated carbocycles. The summed E-state index contributed by atoms with van der Waals surface area (Å²) in [5.41, 5.74) is 1.44. The topological polar surface area (TPSA) is 45.3 Å². The maximum absolute atomic E-state index is 12.8. The molecule has 2 aliphatic rings. The van der Waals surface area contributed by atoms with Crippen LogP contribution in [0.4, 0.5) is 0 Å². The Bertz CT molecular complexity index is 874. The van der Waals surface area contributed by atoms with Gasteiger partial charge in [-0.2, -0.15) is 0 Å². The summed E-state index contributed by atoms with van der Waals surface area (Å²) in [5, 5.41) is 0.987. The second kappa shape index (κ2) is 10.1. The standard InChI is InChI=1S/C25H34N2O2/c28-25-22(14-5-4-12-20-10-2-3-11-20)24(21-13-6-7-15-23(21)26-25)29-19-18-27-16-8-1-9-17-27/h5-7,13-15,20H,1-4,8-12,16-19H2,(H,26,28)/b14-5+. The quantitative estimate of drug-likeness (QED) is 0.654. The fraction of sp³-hybridized carbons (Fsp3) is 0.560. The highest BCUT2D eigenvalue weighted by molar-refractivity contribution is 5.88. The van der Waals surface area contributed by atoms with Gasteiger partial charge in [-0.05, 0) is 62.9 Å². The minimum atomic E-state index is -0.0613. The lowest BCUT2D eigenvalue weighted by atomic mass is 10.0. The Kier molecular flexibility index (Phi) is 7.04. The van der Waals surface area contributed by atoms with Gasteiger partial charge in [-0.3, -0.25) is 9.69 Å². The molecule has 4 rings (SSSR count). The molecular weight excluding hydrogens is 360 g/mol. The number of rotatable bonds is 8. The lowest BCUT2D eigenvalue weighted by Crippen LogP contribution is -2.33. The monoisotopic (exact) mass is 394 g/mol. The van der Waals surface area contributed by atoms with E-state index >= 15 is 0 Å². The molecule has 1 saturated heterocycles. The third-order valence-electron chi connectivity index (χ3n) is 6.51. The molecule has 0 unspecified atom stereocenters. The van der Waals surface area contributed by atoms with Crippen LogP contribution in [0.25, 0.3) is 17.0 Å². The average molecular weight is 395 g/mol. The van der Waals surface area contributed by atoms with Crippen molar-refractivity contribution >= 4 is 17.0 Å². The van der Waals surface area contributed by atoms with Crippen molar-refractivity contribution < 1.29 is 4.74 Å². The van der Waals surface area contributed by atoms with Crippen molar-refractivity contribution in [2.75, 3.05) is 26.2 Å². The highest BCUT2D eigenvalue weighted by atomic mass is 16.5. The fourth-order valence-corrected chi connectivity index (χ4v) is 4.83. The number of piperidine rings is 1. The Balaban J connectivity index is 1.49. The Morgan fingerprint density at radius 2 is 1.86 bits per heavy atom. The van der Waals surface area contributed by atoms with E-state index in [2.05, 4.69) is 16.0 Å². The van der Waals surface area contributed by atoms with Crippen LogP contribution in [0.1, 0.15) is 63.4 Å². The van der Waals surface area contributed by atoms with E-state index in [0.29, 0.717) is 12.2 Å². The summed E-state index contributed by atoms with van der Waals surface area (Å²) in [7, 11) is 0. The first-order valence-corrected chi connectivity index (χ1v) is 11.5. The molecule has 0 amide bonds. The number of fused-ring (bicyclic) bond motifs is 1. The zero-order valence-corrected chi connectivity index (χ0v) is 17.5. The van der Waals surface area contributed by atoms with Crippen LogP contribution in [0.5, 0.6) is 5.75 Å². The van der Waals surface area contributed by atoms with Gasteiger partial charge in [0.25, 0.3) is 5.56 Å². The maximum atomic E-state index is 12.8. The normalized spacial score (nSPS) is 18.8. The molecule has 0 bridgehead atoms. The van der Waals surface area contributed by atoms with Crippen LogP contribution in [0.2, 0.25) is 0 Å². The van der Waals surface area contributed by atoms with E-state index < -0.39 is 0 Å². The molecule has 2 aromatic rings. The summed E-state index contributed by atoms with van der Waals surface area (Å²) in [6.45, 7) is 3.86. The van der Waals surface area contributed by atoms with E-state index in [1.54, 1.807) is 0 Å². The molecule has 0 atom stereocenters. The van der Waals surface area contributed by atoms with Crippen molar-refractivity contribution in [3.63, 3.8) is 0 Å². The first-order valence-electron chi connectivity index (χ1n) is 11.5. The van der Waals surface area contributed by atoms with Crippen molar-refractivity contribution in [2.45, 2.75) is 57.8 Å². The van der Waals surface area contributed by atoms with Gasteiger partial charge in [0.05, 0.1) is 11.1 Å². The van der Waals surface area contributed by atoms with E-state index in [1.165, 1.54) is 51.4 Å². The Labute approximate surface area is 174 Å². The summed E-state index contributed by atoms with van der Waals surface area (Å²) in [5.74, 6) is 1.60. The number of nitrogens with one attached hydrogen (secondary N) is 1. The van der Waals surface area contributed by atoms with Crippen molar-refractivity contribution in [2.24, 2.45) is 5.92 Å². The van der Waals surface area contributed by atoms with Crippen molar-refractivity contribution in [1.82, 2.24) is 9.88 Å². The lowest BCUT2D eigenvalue weighted by Gasteiger charge is -2.26. The van der Waals surface area contributed by atoms with Crippen molar-refractivity contribution in [3.05, 3.63) is 46.3 Å². The minimum Gasteiger partial charge on any atom is -0.491 e. The fourth-order valence-electron chi connectivity index (χ4n) is 4.83. The molecule has 0 radical (unpaired) electrons. The second-order valence-corrected chi connectivity index (χ2v) is 8.62. The van der Waals surface area contributed by atoms with Gasteiger partial charge < -0.3 is 9.72 Å². The first kappa shape index (κ1) is 20.2. The maximum Gasteiger partial charge on any atom is 0.259 e. The Morgan fingerprint density at radius 3 is 2.69 bits per heavy atom. The smallest absolute Gasteiger partial charge is 0.259 e. The van der Waals surface area contributed by atoms with Crippen LogP contribution in [0.3, 0.4) is 0 Å². The molecule has 4 heteroatoms. The van der Waals surface area contributed by atoms with E-state index in [0.717, 1.165) is 48.6 Å². The number of nitrogens with zero attached hydrogens (tertiary/aromatic N) is 1. The summed E-state index contributed by atoms with van der Waals surface area (Å²) in [6, 6.07) is 7.94. The number of H-pyrrole nitrogens is 1. The van der Waals surface area contributed by atoms with E-state index in [1.807, 2.05) is 30.3 Å². The highest BCUT2D eigenvalue weighted by Crippen LogP contribution is 2.30. The molecule has 1 aliphatic heterocycles. The van der Waals surface area contributed by atoms with Gasteiger partial charge in [-0.15, -0.1) is 0 Å². The number of benzene rings is 1. The number of para-hydroxylation sites is 1. The van der Waals surface area contributed by atoms with Crippen LogP contribution in [0, 0.1) is 5.92 Å². The molecule has 4 nitrogen and oxygen atoms in total. The minimum absolute atomic E-state index is 0.0613. The van der Waals surface area contributed by atoms with E-state index in [-0.39, 0.29) is 5.56 Å². The molecular formula is C25H34N2O2. The molecule has 29 heavy (non-hydrogen) atoms. The number of aromatic amines is 1. The van der Waals surface area contributed by atoms with Gasteiger partial charge in [0.2, 0.25) is 0 Å². The van der Waals surface area contributed by atoms with Crippen LogP contribution >= 0.6 is 0 Å². The van der Waals surface area contributed by atoms with Crippen LogP contribution < -0.4 is 10.3 Å². The number of ether oxygens (including phenoxy) is 1. The summed E-state index contributed by atoms with van der Waals surface area (Å²) in [4.78, 5) is 18.3. The van der Waals surface area contributed by atoms with Gasteiger partial charge in [-0.25, -0.2) is 0 Å². The number of likely N-dealkylation sites (tertiary alicyclic amines) is 1. The van der Waals surface area contributed by atoms with E-state index in [9.17, 15) is 4.79 Å². The van der Waals surface area contributed by atoms with Crippen molar-refractivity contribution in [3.8, 4) is 5.75 Å². The number of aromatic nitrogens is 1. The molecule has 156 valence electrons. The molecule has 1 aromatic heterocycles. The highest BCUT2D eigenvalue weighted by Gasteiger charge is 2.15. The SMILES string of the molecule is O=c1[nH]c2ccccc2c(OCCN2CCCCC2)c1/C=C/CCC1CCCC1. The number of pyridine rings is 1. The Morgan fingerprint density at radius 1 is 1.07 bits per heavy atom. The summed E-state index contributed by atoms with van der Waals surface area (Å²) >= 11 is 0. The number of hydrogen-bond acceptors (Lipinski definition) is 3. The lowest BCUT2D eigenvalue weighted by molar-refractivity contribution is 0.184. The van der Waals surface area contributed by atoms with Gasteiger partial charge in [0, 0.05) is 11.9 Å². The third-order valence-corrected chi connectivity index (χ3v) is 6.51. The Hall–Kier alpha value is -2.07. The van der Waals surface area contributed by atoms with Gasteiger partial charge in [0.15, 0.2) is 0 Å². The van der Waals surface area contributed by atoms with Crippen LogP contribution in [-0.4, -0.2) is 36.1 Å². The summed E-state index contributed by atoms with van der Waals surface area (Å²) < 4.78 is 6.25. The van der Waals surface area contributed by atoms with Gasteiger partial charge in [-0.1, -0.05) is 50.3 Å². The zero-order chi connectivity index (χ0) is 19.9. The predicted octanol–water partition coefficient (Wildman–Crippen LogP) is 5.38. The zero-order valence-electron chi connectivity index (χ0n) is 17.5. The molecule has 2 heterocycles. The molecule has 1 aromatic carbocycles. The second-order valence-electron chi connectivity index (χ2n) is 8.62. The molecule has 2 fully saturated rings. The molecule has 0 spiro atoms. The summed E-state index contributed by atoms with van der Waals surface area (Å²) in [6.07, 6.45) is 15.8. The third kappa shape index (κ3) is 5.30. The largest absolute Gasteiger partial charge is 0.491 e. The first-order chi connectivity index (χ1) is 14.3. The number of allylic oxidation sites excluding steroid dienone is 1. The van der Waals surface area contributed by atoms with Crippen LogP contribution in [-0.2, 0) is 0 Å².